The summed E-state index contributed by atoms with van der Waals surface area (Å²) in [6.07, 6.45) is 70.4. The monoisotopic (exact) mass is 935 g/mol. The molecule has 0 radical (unpaired) electrons. The molecule has 0 aromatic carbocycles. The Balaban J connectivity index is 4.41. The first-order chi connectivity index (χ1) is 33.0. The van der Waals surface area contributed by atoms with Gasteiger partial charge in [0.25, 0.3) is 0 Å². The predicted octanol–water partition coefficient (Wildman–Crippen LogP) is 19.0. The molecule has 1 atom stereocenters. The van der Waals surface area contributed by atoms with Crippen molar-refractivity contribution in [2.45, 2.75) is 284 Å². The third-order valence-electron chi connectivity index (χ3n) is 12.2. The maximum Gasteiger partial charge on any atom is 0.306 e. The van der Waals surface area contributed by atoms with Gasteiger partial charge in [0.1, 0.15) is 13.2 Å². The molecule has 67 heavy (non-hydrogen) atoms. The topological polar surface area (TPSA) is 78.9 Å². The Morgan fingerprint density at radius 3 is 0.970 bits per heavy atom. The number of allylic oxidation sites excluding steroid dienone is 12. The van der Waals surface area contributed by atoms with E-state index in [1.54, 1.807) is 0 Å². The molecule has 0 spiro atoms. The predicted molar refractivity (Wildman–Crippen MR) is 288 cm³/mol. The third kappa shape index (κ3) is 53.7. The summed E-state index contributed by atoms with van der Waals surface area (Å²) in [6.45, 7) is 6.47. The summed E-state index contributed by atoms with van der Waals surface area (Å²) in [4.78, 5) is 38.1. The molecule has 6 heteroatoms. The van der Waals surface area contributed by atoms with Gasteiger partial charge in [0.15, 0.2) is 6.10 Å². The van der Waals surface area contributed by atoms with Crippen molar-refractivity contribution < 1.29 is 28.6 Å². The summed E-state index contributed by atoms with van der Waals surface area (Å²) in [5.74, 6) is -0.941. The number of ether oxygens (including phenoxy) is 3. The van der Waals surface area contributed by atoms with E-state index in [0.717, 1.165) is 109 Å². The number of esters is 3. The molecule has 0 saturated carbocycles. The largest absolute Gasteiger partial charge is 0.462 e. The Kier molecular flexibility index (Phi) is 52.8. The van der Waals surface area contributed by atoms with Gasteiger partial charge in [-0.05, 0) is 89.9 Å². The van der Waals surface area contributed by atoms with Gasteiger partial charge in [-0.3, -0.25) is 14.4 Å². The summed E-state index contributed by atoms with van der Waals surface area (Å²) in [6, 6.07) is 0. The van der Waals surface area contributed by atoms with Gasteiger partial charge < -0.3 is 14.2 Å². The molecule has 0 unspecified atom stereocenters. The van der Waals surface area contributed by atoms with Gasteiger partial charge >= 0.3 is 17.9 Å². The average Bonchev–Trinajstić information content (AvgIpc) is 3.33. The van der Waals surface area contributed by atoms with Crippen LogP contribution in [0.5, 0.6) is 0 Å². The van der Waals surface area contributed by atoms with Crippen LogP contribution >= 0.6 is 0 Å². The lowest BCUT2D eigenvalue weighted by Crippen LogP contribution is -2.30. The normalized spacial score (nSPS) is 12.6. The molecule has 0 saturated heterocycles. The van der Waals surface area contributed by atoms with Crippen LogP contribution in [-0.4, -0.2) is 37.2 Å². The fourth-order valence-electron chi connectivity index (χ4n) is 7.93. The molecule has 0 aliphatic heterocycles. The van der Waals surface area contributed by atoms with Gasteiger partial charge in [-0.2, -0.15) is 0 Å². The zero-order valence-corrected chi connectivity index (χ0v) is 44.2. The zero-order chi connectivity index (χ0) is 48.6. The van der Waals surface area contributed by atoms with Crippen LogP contribution < -0.4 is 0 Å². The van der Waals surface area contributed by atoms with Gasteiger partial charge in [0.05, 0.1) is 0 Å². The van der Waals surface area contributed by atoms with Gasteiger partial charge in [-0.1, -0.05) is 241 Å². The molecule has 0 aliphatic rings. The van der Waals surface area contributed by atoms with Gasteiger partial charge in [-0.25, -0.2) is 0 Å². The Morgan fingerprint density at radius 2 is 0.582 bits per heavy atom. The Labute approximate surface area is 414 Å². The molecule has 0 fully saturated rings. The minimum absolute atomic E-state index is 0.0923. The fraction of sp³-hybridized carbons (Fsp3) is 0.754. The van der Waals surface area contributed by atoms with Gasteiger partial charge in [-0.15, -0.1) is 0 Å². The minimum atomic E-state index is -0.798. The van der Waals surface area contributed by atoms with Crippen molar-refractivity contribution >= 4 is 17.9 Å². The summed E-state index contributed by atoms with van der Waals surface area (Å²) < 4.78 is 16.8. The highest BCUT2D eigenvalue weighted by Gasteiger charge is 2.19. The second-order valence-corrected chi connectivity index (χ2v) is 18.8. The highest BCUT2D eigenvalue weighted by atomic mass is 16.6. The smallest absolute Gasteiger partial charge is 0.306 e. The average molecular weight is 936 g/mol. The lowest BCUT2D eigenvalue weighted by Gasteiger charge is -2.18. The minimum Gasteiger partial charge on any atom is -0.462 e. The van der Waals surface area contributed by atoms with Crippen LogP contribution in [0.25, 0.3) is 0 Å². The van der Waals surface area contributed by atoms with Crippen LogP contribution in [0.3, 0.4) is 0 Å². The second-order valence-electron chi connectivity index (χ2n) is 18.8. The van der Waals surface area contributed by atoms with Gasteiger partial charge in [0.2, 0.25) is 0 Å². The van der Waals surface area contributed by atoms with Crippen molar-refractivity contribution in [1.29, 1.82) is 0 Å². The van der Waals surface area contributed by atoms with E-state index in [1.807, 2.05) is 0 Å². The van der Waals surface area contributed by atoms with E-state index in [9.17, 15) is 14.4 Å². The van der Waals surface area contributed by atoms with Crippen LogP contribution in [0, 0.1) is 0 Å². The summed E-state index contributed by atoms with van der Waals surface area (Å²) in [7, 11) is 0. The number of unbranched alkanes of at least 4 members (excludes halogenated alkanes) is 28. The van der Waals surface area contributed by atoms with Crippen LogP contribution in [-0.2, 0) is 28.6 Å². The Bertz CT molecular complexity index is 1260. The van der Waals surface area contributed by atoms with E-state index in [4.69, 9.17) is 14.2 Å². The fourth-order valence-corrected chi connectivity index (χ4v) is 7.93. The van der Waals surface area contributed by atoms with Gasteiger partial charge in [0, 0.05) is 19.3 Å². The van der Waals surface area contributed by atoms with E-state index < -0.39 is 6.10 Å². The highest BCUT2D eigenvalue weighted by Crippen LogP contribution is 2.16. The first kappa shape index (κ1) is 63.8. The van der Waals surface area contributed by atoms with Crippen molar-refractivity contribution in [1.82, 2.24) is 0 Å². The summed E-state index contributed by atoms with van der Waals surface area (Å²) in [5.41, 5.74) is 0. The van der Waals surface area contributed by atoms with Crippen molar-refractivity contribution in [2.24, 2.45) is 0 Å². The summed E-state index contributed by atoms with van der Waals surface area (Å²) in [5, 5.41) is 0. The lowest BCUT2D eigenvalue weighted by atomic mass is 10.0. The molecule has 0 aliphatic carbocycles. The molecule has 0 heterocycles. The van der Waals surface area contributed by atoms with Crippen LogP contribution in [0.2, 0.25) is 0 Å². The molecule has 0 amide bonds. The van der Waals surface area contributed by atoms with E-state index >= 15 is 0 Å². The number of hydrogen-bond acceptors (Lipinski definition) is 6. The molecule has 0 rings (SSSR count). The number of rotatable bonds is 51. The van der Waals surface area contributed by atoms with E-state index in [-0.39, 0.29) is 31.1 Å². The Hall–Kier alpha value is -3.15. The van der Waals surface area contributed by atoms with E-state index in [2.05, 4.69) is 93.7 Å². The summed E-state index contributed by atoms with van der Waals surface area (Å²) >= 11 is 0. The molecular weight excluding hydrogens is 829 g/mol. The first-order valence-corrected chi connectivity index (χ1v) is 28.4. The van der Waals surface area contributed by atoms with Crippen molar-refractivity contribution in [3.63, 3.8) is 0 Å². The molecule has 0 aromatic heterocycles. The maximum atomic E-state index is 12.8. The van der Waals surface area contributed by atoms with E-state index in [1.165, 1.54) is 128 Å². The molecule has 6 nitrogen and oxygen atoms in total. The first-order valence-electron chi connectivity index (χ1n) is 28.4. The molecule has 0 bridgehead atoms. The van der Waals surface area contributed by atoms with E-state index in [0.29, 0.717) is 19.3 Å². The van der Waals surface area contributed by atoms with Crippen molar-refractivity contribution in [2.75, 3.05) is 13.2 Å². The Morgan fingerprint density at radius 1 is 0.313 bits per heavy atom. The maximum absolute atomic E-state index is 12.8. The molecule has 0 N–H and O–H groups in total. The second kappa shape index (κ2) is 55.4. The van der Waals surface area contributed by atoms with Crippen molar-refractivity contribution in [3.8, 4) is 0 Å². The number of carbonyl (C=O) groups is 3. The number of hydrogen-bond donors (Lipinski definition) is 0. The van der Waals surface area contributed by atoms with Crippen LogP contribution in [0.15, 0.2) is 72.9 Å². The zero-order valence-electron chi connectivity index (χ0n) is 44.2. The molecule has 0 aromatic rings. The van der Waals surface area contributed by atoms with Crippen LogP contribution in [0.4, 0.5) is 0 Å². The standard InChI is InChI=1S/C61H106O6/c1-4-7-10-13-16-19-22-25-28-29-30-31-34-36-39-42-45-48-51-54-60(63)66-57-58(67-61(64)55-52-49-46-43-40-37-33-27-24-21-18-15-12-9-6-3)56-65-59(62)53-50-47-44-41-38-35-32-26-23-20-17-14-11-8-5-2/h8,11,17-18,20-21,26-27,32-33,38,41,58H,4-7,9-10,12-16,19,22-25,28-31,34-37,39-40,42-57H2,1-3H3/b11-8-,20-17-,21-18-,32-26-,33-27-,41-38-/t58-/m1/s1. The SMILES string of the molecule is CC/C=C\C/C=C\C/C=C\C/C=C\CCCCC(=O)OC[C@H](COC(=O)CCCCCCCCCCCCCCCCCCCCC)OC(=O)CCCCCCC/C=C\C/C=C\CCCCC. The van der Waals surface area contributed by atoms with Crippen LogP contribution in [0.1, 0.15) is 278 Å². The molecule has 386 valence electrons. The third-order valence-corrected chi connectivity index (χ3v) is 12.2. The quantitative estimate of drug-likeness (QED) is 0.0262. The lowest BCUT2D eigenvalue weighted by molar-refractivity contribution is -0.167. The molecular formula is C61H106O6. The number of carbonyl (C=O) groups excluding carboxylic acids is 3. The van der Waals surface area contributed by atoms with Crippen molar-refractivity contribution in [3.05, 3.63) is 72.9 Å². The highest BCUT2D eigenvalue weighted by molar-refractivity contribution is 5.71.